The van der Waals surface area contributed by atoms with Crippen LogP contribution in [0.3, 0.4) is 0 Å². The van der Waals surface area contributed by atoms with E-state index in [9.17, 15) is 9.59 Å². The van der Waals surface area contributed by atoms with Gasteiger partial charge in [-0.25, -0.2) is 4.98 Å². The fourth-order valence-corrected chi connectivity index (χ4v) is 3.65. The van der Waals surface area contributed by atoms with Gasteiger partial charge in [0.2, 0.25) is 5.91 Å². The molecule has 2 N–H and O–H groups in total. The van der Waals surface area contributed by atoms with Gasteiger partial charge in [0.25, 0.3) is 5.56 Å². The van der Waals surface area contributed by atoms with Gasteiger partial charge in [-0.2, -0.15) is 0 Å². The summed E-state index contributed by atoms with van der Waals surface area (Å²) in [5, 5.41) is 3.75. The van der Waals surface area contributed by atoms with Crippen LogP contribution in [0.4, 0.5) is 0 Å². The van der Waals surface area contributed by atoms with Gasteiger partial charge < -0.3 is 10.3 Å². The number of aromatic amines is 1. The highest BCUT2D eigenvalue weighted by Crippen LogP contribution is 2.29. The zero-order chi connectivity index (χ0) is 17.2. The van der Waals surface area contributed by atoms with E-state index in [0.29, 0.717) is 42.0 Å². The standard InChI is InChI=1S/C19H24N4O2/c24-18(20-13-10-11-23(12-13)14-8-9-14)7-3-6-17-21-16-5-2-1-4-15(16)19(25)22-17/h1-2,4-5,13-14H,3,6-12H2,(H,20,24)(H,21,22,25). The third-order valence-electron chi connectivity index (χ3n) is 5.13. The third-order valence-corrected chi connectivity index (χ3v) is 5.13. The molecule has 0 bridgehead atoms. The summed E-state index contributed by atoms with van der Waals surface area (Å²) in [5.74, 6) is 0.753. The number of likely N-dealkylation sites (tertiary alicyclic amines) is 1. The van der Waals surface area contributed by atoms with Crippen molar-refractivity contribution in [1.82, 2.24) is 20.2 Å². The van der Waals surface area contributed by atoms with Gasteiger partial charge in [-0.15, -0.1) is 0 Å². The molecule has 6 nitrogen and oxygen atoms in total. The molecule has 2 aromatic rings. The fourth-order valence-electron chi connectivity index (χ4n) is 3.65. The van der Waals surface area contributed by atoms with Crippen molar-refractivity contribution in [3.05, 3.63) is 40.4 Å². The molecule has 132 valence electrons. The number of aryl methyl sites for hydroxylation is 1. The lowest BCUT2D eigenvalue weighted by Crippen LogP contribution is -2.37. The van der Waals surface area contributed by atoms with Crippen molar-refractivity contribution >= 4 is 16.8 Å². The zero-order valence-electron chi connectivity index (χ0n) is 14.3. The maximum Gasteiger partial charge on any atom is 0.258 e. The Morgan fingerprint density at radius 3 is 2.96 bits per heavy atom. The number of fused-ring (bicyclic) bond motifs is 1. The molecule has 1 atom stereocenters. The number of nitrogens with zero attached hydrogens (tertiary/aromatic N) is 2. The molecule has 0 radical (unpaired) electrons. The van der Waals surface area contributed by atoms with Gasteiger partial charge in [0.05, 0.1) is 10.9 Å². The Morgan fingerprint density at radius 1 is 1.28 bits per heavy atom. The topological polar surface area (TPSA) is 78.1 Å². The third kappa shape index (κ3) is 3.90. The summed E-state index contributed by atoms with van der Waals surface area (Å²) in [5.41, 5.74) is 0.591. The van der Waals surface area contributed by atoms with Crippen LogP contribution in [-0.2, 0) is 11.2 Å². The molecule has 2 aliphatic rings. The first-order valence-electron chi connectivity index (χ1n) is 9.20. The van der Waals surface area contributed by atoms with Crippen LogP contribution in [0.1, 0.15) is 37.9 Å². The van der Waals surface area contributed by atoms with Gasteiger partial charge in [-0.05, 0) is 37.8 Å². The predicted molar refractivity (Wildman–Crippen MR) is 96.4 cm³/mol. The highest BCUT2D eigenvalue weighted by Gasteiger charge is 2.34. The Morgan fingerprint density at radius 2 is 2.12 bits per heavy atom. The van der Waals surface area contributed by atoms with E-state index in [1.165, 1.54) is 12.8 Å². The second-order valence-electron chi connectivity index (χ2n) is 7.16. The second kappa shape index (κ2) is 6.96. The number of carbonyl (C=O) groups excluding carboxylic acids is 1. The first-order chi connectivity index (χ1) is 12.2. The lowest BCUT2D eigenvalue weighted by atomic mass is 10.2. The number of carbonyl (C=O) groups is 1. The molecule has 0 spiro atoms. The van der Waals surface area contributed by atoms with Crippen molar-refractivity contribution in [3.63, 3.8) is 0 Å². The summed E-state index contributed by atoms with van der Waals surface area (Å²) in [4.78, 5) is 34.0. The van der Waals surface area contributed by atoms with Crippen LogP contribution in [0.25, 0.3) is 10.9 Å². The molecule has 1 saturated carbocycles. The van der Waals surface area contributed by atoms with Crippen molar-refractivity contribution in [2.24, 2.45) is 0 Å². The van der Waals surface area contributed by atoms with E-state index in [4.69, 9.17) is 0 Å². The Hall–Kier alpha value is -2.21. The first-order valence-corrected chi connectivity index (χ1v) is 9.20. The minimum atomic E-state index is -0.115. The lowest BCUT2D eigenvalue weighted by Gasteiger charge is -2.15. The molecule has 4 rings (SSSR count). The van der Waals surface area contributed by atoms with Gasteiger partial charge in [0.15, 0.2) is 0 Å². The maximum absolute atomic E-state index is 12.1. The average Bonchev–Trinajstić information content (AvgIpc) is 3.35. The summed E-state index contributed by atoms with van der Waals surface area (Å²) in [6.07, 6.45) is 5.45. The molecular weight excluding hydrogens is 316 g/mol. The highest BCUT2D eigenvalue weighted by molar-refractivity contribution is 5.77. The van der Waals surface area contributed by atoms with Crippen molar-refractivity contribution in [2.45, 2.75) is 50.6 Å². The Labute approximate surface area is 146 Å². The number of amides is 1. The van der Waals surface area contributed by atoms with Gasteiger partial charge in [0.1, 0.15) is 5.82 Å². The summed E-state index contributed by atoms with van der Waals surface area (Å²) >= 11 is 0. The van der Waals surface area contributed by atoms with Crippen LogP contribution in [0.2, 0.25) is 0 Å². The fraction of sp³-hybridized carbons (Fsp3) is 0.526. The van der Waals surface area contributed by atoms with E-state index in [-0.39, 0.29) is 11.5 Å². The second-order valence-corrected chi connectivity index (χ2v) is 7.16. The number of hydrogen-bond donors (Lipinski definition) is 2. The number of aromatic nitrogens is 2. The molecule has 1 saturated heterocycles. The first kappa shape index (κ1) is 16.3. The molecule has 1 aliphatic carbocycles. The summed E-state index contributed by atoms with van der Waals surface area (Å²) in [6, 6.07) is 8.39. The van der Waals surface area contributed by atoms with Gasteiger partial charge in [-0.3, -0.25) is 14.5 Å². The zero-order valence-corrected chi connectivity index (χ0v) is 14.3. The number of benzene rings is 1. The average molecular weight is 340 g/mol. The van der Waals surface area contributed by atoms with Crippen LogP contribution in [0, 0.1) is 0 Å². The monoisotopic (exact) mass is 340 g/mol. The molecule has 1 unspecified atom stereocenters. The largest absolute Gasteiger partial charge is 0.352 e. The number of rotatable bonds is 6. The minimum Gasteiger partial charge on any atom is -0.352 e. The normalized spacial score (nSPS) is 20.9. The van der Waals surface area contributed by atoms with E-state index in [1.54, 1.807) is 6.07 Å². The molecule has 1 aliphatic heterocycles. The Balaban J connectivity index is 1.26. The number of hydrogen-bond acceptors (Lipinski definition) is 4. The van der Waals surface area contributed by atoms with Gasteiger partial charge >= 0.3 is 0 Å². The number of para-hydroxylation sites is 1. The van der Waals surface area contributed by atoms with Crippen LogP contribution in [0.5, 0.6) is 0 Å². The van der Waals surface area contributed by atoms with Crippen LogP contribution in [0.15, 0.2) is 29.1 Å². The lowest BCUT2D eigenvalue weighted by molar-refractivity contribution is -0.121. The van der Waals surface area contributed by atoms with Crippen LogP contribution in [-0.4, -0.2) is 45.9 Å². The Kier molecular flexibility index (Phi) is 4.53. The van der Waals surface area contributed by atoms with Gasteiger partial charge in [-0.1, -0.05) is 12.1 Å². The molecule has 2 heterocycles. The van der Waals surface area contributed by atoms with Crippen molar-refractivity contribution in [1.29, 1.82) is 0 Å². The van der Waals surface area contributed by atoms with Crippen molar-refractivity contribution in [3.8, 4) is 0 Å². The van der Waals surface area contributed by atoms with E-state index in [1.807, 2.05) is 18.2 Å². The molecule has 2 fully saturated rings. The minimum absolute atomic E-state index is 0.103. The van der Waals surface area contributed by atoms with E-state index >= 15 is 0 Å². The Bertz CT molecular complexity index is 828. The molecule has 1 aromatic heterocycles. The number of nitrogens with one attached hydrogen (secondary N) is 2. The molecular formula is C19H24N4O2. The molecule has 1 amide bonds. The number of H-pyrrole nitrogens is 1. The van der Waals surface area contributed by atoms with E-state index in [0.717, 1.165) is 25.6 Å². The summed E-state index contributed by atoms with van der Waals surface area (Å²) < 4.78 is 0. The van der Waals surface area contributed by atoms with Crippen molar-refractivity contribution < 1.29 is 4.79 Å². The van der Waals surface area contributed by atoms with E-state index < -0.39 is 0 Å². The SMILES string of the molecule is O=C(CCCc1nc2ccccc2c(=O)[nH]1)NC1CCN(C2CC2)C1. The highest BCUT2D eigenvalue weighted by atomic mass is 16.1. The quantitative estimate of drug-likeness (QED) is 0.837. The summed E-state index contributed by atoms with van der Waals surface area (Å²) in [6.45, 7) is 2.10. The predicted octanol–water partition coefficient (Wildman–Crippen LogP) is 1.60. The molecule has 6 heteroatoms. The van der Waals surface area contributed by atoms with E-state index in [2.05, 4.69) is 20.2 Å². The smallest absolute Gasteiger partial charge is 0.258 e. The van der Waals surface area contributed by atoms with Gasteiger partial charge in [0, 0.05) is 38.0 Å². The molecule has 25 heavy (non-hydrogen) atoms. The maximum atomic E-state index is 12.1. The summed E-state index contributed by atoms with van der Waals surface area (Å²) in [7, 11) is 0. The van der Waals surface area contributed by atoms with Crippen LogP contribution < -0.4 is 10.9 Å². The van der Waals surface area contributed by atoms with Crippen LogP contribution >= 0.6 is 0 Å². The molecule has 1 aromatic carbocycles. The van der Waals surface area contributed by atoms with Crippen molar-refractivity contribution in [2.75, 3.05) is 13.1 Å².